The molecule has 0 heterocycles. The predicted molar refractivity (Wildman–Crippen MR) is 163 cm³/mol. The summed E-state index contributed by atoms with van der Waals surface area (Å²) in [6.45, 7) is 3.68. The number of nitrogens with one attached hydrogen (secondary N) is 1. The number of amides is 2. The largest absolute Gasteiger partial charge is 0.494 e. The summed E-state index contributed by atoms with van der Waals surface area (Å²) in [6.07, 6.45) is 3.96. The molecule has 3 aromatic carbocycles. The van der Waals surface area contributed by atoms with Gasteiger partial charge in [0, 0.05) is 17.1 Å². The highest BCUT2D eigenvalue weighted by molar-refractivity contribution is 9.10. The molecule has 1 aliphatic carbocycles. The summed E-state index contributed by atoms with van der Waals surface area (Å²) < 4.78 is 35.3. The van der Waals surface area contributed by atoms with Crippen LogP contribution in [-0.2, 0) is 26.2 Å². The van der Waals surface area contributed by atoms with Gasteiger partial charge in [-0.15, -0.1) is 0 Å². The van der Waals surface area contributed by atoms with Gasteiger partial charge in [0.1, 0.15) is 18.3 Å². The number of nitrogens with zero attached hydrogens (tertiary/aromatic N) is 2. The number of halogens is 1. The predicted octanol–water partition coefficient (Wildman–Crippen LogP) is 5.52. The Morgan fingerprint density at radius 1 is 0.976 bits per heavy atom. The fraction of sp³-hybridized carbons (Fsp3) is 0.355. The van der Waals surface area contributed by atoms with Crippen LogP contribution in [0.25, 0.3) is 0 Å². The first-order chi connectivity index (χ1) is 19.7. The average molecular weight is 643 g/mol. The number of anilines is 1. The van der Waals surface area contributed by atoms with E-state index in [4.69, 9.17) is 4.74 Å². The van der Waals surface area contributed by atoms with Crippen molar-refractivity contribution in [1.82, 2.24) is 10.2 Å². The Bertz CT molecular complexity index is 1410. The minimum Gasteiger partial charge on any atom is -0.494 e. The monoisotopic (exact) mass is 641 g/mol. The van der Waals surface area contributed by atoms with Gasteiger partial charge in [-0.1, -0.05) is 59.1 Å². The Hall–Kier alpha value is -3.37. The summed E-state index contributed by atoms with van der Waals surface area (Å²) in [5.74, 6) is -0.148. The van der Waals surface area contributed by atoms with E-state index in [9.17, 15) is 18.0 Å². The Balaban J connectivity index is 1.67. The van der Waals surface area contributed by atoms with E-state index >= 15 is 0 Å². The molecule has 1 fully saturated rings. The molecule has 0 spiro atoms. The zero-order chi connectivity index (χ0) is 29.4. The van der Waals surface area contributed by atoms with Gasteiger partial charge in [0.05, 0.1) is 17.2 Å². The third-order valence-electron chi connectivity index (χ3n) is 7.18. The third-order valence-corrected chi connectivity index (χ3v) is 9.50. The molecule has 0 bridgehead atoms. The van der Waals surface area contributed by atoms with Crippen LogP contribution in [0, 0.1) is 0 Å². The van der Waals surface area contributed by atoms with Crippen LogP contribution in [0.1, 0.15) is 45.1 Å². The molecule has 1 atom stereocenters. The van der Waals surface area contributed by atoms with Crippen LogP contribution in [0.3, 0.4) is 0 Å². The van der Waals surface area contributed by atoms with E-state index in [1.807, 2.05) is 31.2 Å². The zero-order valence-electron chi connectivity index (χ0n) is 23.3. The van der Waals surface area contributed by atoms with Gasteiger partial charge in [0.25, 0.3) is 10.0 Å². The van der Waals surface area contributed by atoms with Crippen LogP contribution < -0.4 is 14.4 Å². The van der Waals surface area contributed by atoms with Crippen molar-refractivity contribution < 1.29 is 22.7 Å². The number of carbonyl (C=O) groups is 2. The van der Waals surface area contributed by atoms with Crippen LogP contribution in [0.5, 0.6) is 5.75 Å². The van der Waals surface area contributed by atoms with Crippen molar-refractivity contribution in [2.24, 2.45) is 0 Å². The Labute approximate surface area is 250 Å². The van der Waals surface area contributed by atoms with Crippen molar-refractivity contribution in [3.05, 3.63) is 88.9 Å². The first kappa shape index (κ1) is 30.6. The minimum atomic E-state index is -4.11. The zero-order valence-corrected chi connectivity index (χ0v) is 25.7. The first-order valence-corrected chi connectivity index (χ1v) is 16.1. The average Bonchev–Trinajstić information content (AvgIpc) is 3.49. The summed E-state index contributed by atoms with van der Waals surface area (Å²) >= 11 is 3.43. The van der Waals surface area contributed by atoms with Crippen LogP contribution in [-0.4, -0.2) is 50.4 Å². The van der Waals surface area contributed by atoms with Crippen molar-refractivity contribution in [2.45, 2.75) is 63.1 Å². The molecular formula is C31H36BrN3O5S. The van der Waals surface area contributed by atoms with Crippen LogP contribution in [0.15, 0.2) is 88.2 Å². The van der Waals surface area contributed by atoms with E-state index < -0.39 is 28.5 Å². The Morgan fingerprint density at radius 3 is 2.22 bits per heavy atom. The van der Waals surface area contributed by atoms with Crippen LogP contribution >= 0.6 is 15.9 Å². The lowest BCUT2D eigenvalue weighted by molar-refractivity contribution is -0.139. The highest BCUT2D eigenvalue weighted by Crippen LogP contribution is 2.27. The third kappa shape index (κ3) is 7.89. The highest BCUT2D eigenvalue weighted by Gasteiger charge is 2.33. The van der Waals surface area contributed by atoms with Crippen molar-refractivity contribution in [2.75, 3.05) is 17.5 Å². The molecule has 0 radical (unpaired) electrons. The molecule has 0 aliphatic heterocycles. The highest BCUT2D eigenvalue weighted by atomic mass is 79.9. The van der Waals surface area contributed by atoms with E-state index in [0.717, 1.165) is 40.0 Å². The van der Waals surface area contributed by atoms with Gasteiger partial charge in [-0.25, -0.2) is 8.42 Å². The SMILES string of the molecule is CCOc1ccc(N(CC(=O)N(Cc2ccc(Br)cc2)[C@@H](C)C(=O)NC2CCCC2)S(=O)(=O)c2ccccc2)cc1. The molecule has 8 nitrogen and oxygen atoms in total. The molecule has 3 aromatic rings. The topological polar surface area (TPSA) is 96.0 Å². The molecule has 0 saturated heterocycles. The van der Waals surface area contributed by atoms with Gasteiger partial charge < -0.3 is 15.0 Å². The molecule has 0 unspecified atom stereocenters. The van der Waals surface area contributed by atoms with Gasteiger partial charge in [0.2, 0.25) is 11.8 Å². The van der Waals surface area contributed by atoms with Gasteiger partial charge >= 0.3 is 0 Å². The smallest absolute Gasteiger partial charge is 0.264 e. The van der Waals surface area contributed by atoms with Gasteiger partial charge in [0.15, 0.2) is 0 Å². The maximum Gasteiger partial charge on any atom is 0.264 e. The molecule has 1 N–H and O–H groups in total. The van der Waals surface area contributed by atoms with Gasteiger partial charge in [-0.2, -0.15) is 0 Å². The van der Waals surface area contributed by atoms with Gasteiger partial charge in [-0.05, 0) is 80.8 Å². The first-order valence-electron chi connectivity index (χ1n) is 13.8. The van der Waals surface area contributed by atoms with E-state index in [1.54, 1.807) is 49.4 Å². The van der Waals surface area contributed by atoms with Crippen molar-refractivity contribution >= 4 is 43.5 Å². The molecule has 2 amide bonds. The molecular weight excluding hydrogens is 606 g/mol. The van der Waals surface area contributed by atoms with E-state index in [-0.39, 0.29) is 23.4 Å². The summed E-state index contributed by atoms with van der Waals surface area (Å²) in [5, 5.41) is 3.08. The number of rotatable bonds is 12. The number of carbonyl (C=O) groups excluding carboxylic acids is 2. The number of ether oxygens (including phenoxy) is 1. The van der Waals surface area contributed by atoms with E-state index in [0.29, 0.717) is 18.0 Å². The maximum absolute atomic E-state index is 14.0. The van der Waals surface area contributed by atoms with Crippen molar-refractivity contribution in [1.29, 1.82) is 0 Å². The second-order valence-electron chi connectivity index (χ2n) is 10.1. The van der Waals surface area contributed by atoms with Crippen LogP contribution in [0.4, 0.5) is 5.69 Å². The molecule has 0 aromatic heterocycles. The number of hydrogen-bond donors (Lipinski definition) is 1. The molecule has 10 heteroatoms. The summed E-state index contributed by atoms with van der Waals surface area (Å²) in [6, 6.07) is 21.4. The van der Waals surface area contributed by atoms with Crippen molar-refractivity contribution in [3.63, 3.8) is 0 Å². The lowest BCUT2D eigenvalue weighted by Gasteiger charge is -2.32. The fourth-order valence-corrected chi connectivity index (χ4v) is 6.58. The van der Waals surface area contributed by atoms with E-state index in [2.05, 4.69) is 21.2 Å². The molecule has 1 saturated carbocycles. The van der Waals surface area contributed by atoms with E-state index in [1.165, 1.54) is 17.0 Å². The normalized spacial score (nSPS) is 14.3. The minimum absolute atomic E-state index is 0.0631. The lowest BCUT2D eigenvalue weighted by Crippen LogP contribution is -2.52. The quantitative estimate of drug-likeness (QED) is 0.281. The standard InChI is InChI=1S/C31H36BrN3O5S/c1-3-40-28-19-17-27(18-20-28)35(41(38,39)29-11-5-4-6-12-29)22-30(36)34(21-24-13-15-25(32)16-14-24)23(2)31(37)33-26-9-7-8-10-26/h4-6,11-20,23,26H,3,7-10,21-22H2,1-2H3,(H,33,37)/t23-/m0/s1. The molecule has 41 heavy (non-hydrogen) atoms. The number of sulfonamides is 1. The summed E-state index contributed by atoms with van der Waals surface area (Å²) in [7, 11) is -4.11. The maximum atomic E-state index is 14.0. The Kier molecular flexibility index (Phi) is 10.4. The Morgan fingerprint density at radius 2 is 1.61 bits per heavy atom. The number of benzene rings is 3. The summed E-state index contributed by atoms with van der Waals surface area (Å²) in [5.41, 5.74) is 1.14. The molecule has 1 aliphatic rings. The summed E-state index contributed by atoms with van der Waals surface area (Å²) in [4.78, 5) is 28.9. The van der Waals surface area contributed by atoms with Crippen molar-refractivity contribution in [3.8, 4) is 5.75 Å². The second-order valence-corrected chi connectivity index (χ2v) is 12.8. The second kappa shape index (κ2) is 14.0. The van der Waals surface area contributed by atoms with Gasteiger partial charge in [-0.3, -0.25) is 13.9 Å². The molecule has 218 valence electrons. The van der Waals surface area contributed by atoms with Crippen LogP contribution in [0.2, 0.25) is 0 Å². The lowest BCUT2D eigenvalue weighted by atomic mass is 10.1. The number of hydrogen-bond acceptors (Lipinski definition) is 5. The fourth-order valence-electron chi connectivity index (χ4n) is 4.88. The molecule has 4 rings (SSSR count).